The molecule has 0 aliphatic heterocycles. The van der Waals surface area contributed by atoms with Gasteiger partial charge in [0, 0.05) is 33.6 Å². The lowest BCUT2D eigenvalue weighted by atomic mass is 10.2. The van der Waals surface area contributed by atoms with Crippen molar-refractivity contribution in [2.45, 2.75) is 6.54 Å². The molecule has 5 nitrogen and oxygen atoms in total. The number of benzene rings is 2. The average Bonchev–Trinajstić information content (AvgIpc) is 3.13. The van der Waals surface area contributed by atoms with E-state index in [1.165, 1.54) is 46.4 Å². The van der Waals surface area contributed by atoms with E-state index in [0.717, 1.165) is 11.3 Å². The minimum absolute atomic E-state index is 0.103. The van der Waals surface area contributed by atoms with Crippen LogP contribution in [0.3, 0.4) is 0 Å². The van der Waals surface area contributed by atoms with E-state index >= 15 is 0 Å². The monoisotopic (exact) mass is 413 g/mol. The van der Waals surface area contributed by atoms with Crippen molar-refractivity contribution in [3.8, 4) is 11.3 Å². The Labute approximate surface area is 168 Å². The maximum absolute atomic E-state index is 14.2. The third-order valence-electron chi connectivity index (χ3n) is 4.15. The van der Waals surface area contributed by atoms with E-state index < -0.39 is 5.82 Å². The molecule has 28 heavy (non-hydrogen) atoms. The third kappa shape index (κ3) is 3.67. The first kappa shape index (κ1) is 18.3. The molecule has 0 saturated heterocycles. The van der Waals surface area contributed by atoms with Gasteiger partial charge in [0.2, 0.25) is 5.91 Å². The van der Waals surface area contributed by atoms with Crippen molar-refractivity contribution in [2.75, 3.05) is 5.32 Å². The molecule has 8 heteroatoms. The van der Waals surface area contributed by atoms with Crippen molar-refractivity contribution in [3.63, 3.8) is 0 Å². The van der Waals surface area contributed by atoms with Crippen molar-refractivity contribution >= 4 is 44.9 Å². The third-order valence-corrected chi connectivity index (χ3v) is 5.16. The Morgan fingerprint density at radius 1 is 1.18 bits per heavy atom. The maximum Gasteiger partial charge on any atom is 0.246 e. The second kappa shape index (κ2) is 7.53. The predicted molar refractivity (Wildman–Crippen MR) is 109 cm³/mol. The van der Waals surface area contributed by atoms with Gasteiger partial charge >= 0.3 is 0 Å². The molecule has 2 heterocycles. The zero-order chi connectivity index (χ0) is 19.7. The van der Waals surface area contributed by atoms with E-state index in [1.807, 2.05) is 17.5 Å². The van der Waals surface area contributed by atoms with Gasteiger partial charge in [0.1, 0.15) is 12.4 Å². The summed E-state index contributed by atoms with van der Waals surface area (Å²) >= 11 is 7.18. The van der Waals surface area contributed by atoms with E-state index in [4.69, 9.17) is 11.6 Å². The quantitative estimate of drug-likeness (QED) is 0.533. The van der Waals surface area contributed by atoms with Gasteiger partial charge in [-0.05, 0) is 24.3 Å². The number of fused-ring (bicyclic) bond motifs is 1. The molecule has 2 aromatic carbocycles. The first-order valence-corrected chi connectivity index (χ1v) is 9.56. The van der Waals surface area contributed by atoms with Gasteiger partial charge in [-0.3, -0.25) is 9.59 Å². The SMILES string of the molecule is O=C(Cn1ccc(=O)c2cccc(F)c21)Nc1nc(-c2ccc(Cl)cc2)cs1. The molecular weight excluding hydrogens is 401 g/mol. The number of carbonyl (C=O) groups excluding carboxylic acids is 1. The molecule has 0 unspecified atom stereocenters. The highest BCUT2D eigenvalue weighted by Crippen LogP contribution is 2.26. The van der Waals surface area contributed by atoms with Crippen molar-refractivity contribution in [3.05, 3.63) is 81.2 Å². The van der Waals surface area contributed by atoms with Gasteiger partial charge in [0.15, 0.2) is 10.6 Å². The van der Waals surface area contributed by atoms with Gasteiger partial charge in [-0.1, -0.05) is 29.8 Å². The topological polar surface area (TPSA) is 64.0 Å². The fraction of sp³-hybridized carbons (Fsp3) is 0.0500. The summed E-state index contributed by atoms with van der Waals surface area (Å²) in [6.45, 7) is -0.145. The number of aromatic nitrogens is 2. The number of halogens is 2. The van der Waals surface area contributed by atoms with E-state index in [1.54, 1.807) is 12.1 Å². The van der Waals surface area contributed by atoms with Gasteiger partial charge in [-0.2, -0.15) is 0 Å². The molecule has 0 aliphatic rings. The second-order valence-electron chi connectivity index (χ2n) is 6.04. The molecule has 0 saturated carbocycles. The van der Waals surface area contributed by atoms with E-state index in [2.05, 4.69) is 10.3 Å². The number of carbonyl (C=O) groups is 1. The number of nitrogens with one attached hydrogen (secondary N) is 1. The number of para-hydroxylation sites is 1. The first-order chi connectivity index (χ1) is 13.5. The molecule has 4 rings (SSSR count). The Hall–Kier alpha value is -3.03. The summed E-state index contributed by atoms with van der Waals surface area (Å²) < 4.78 is 15.6. The van der Waals surface area contributed by atoms with Crippen LogP contribution in [0.5, 0.6) is 0 Å². The highest BCUT2D eigenvalue weighted by molar-refractivity contribution is 7.14. The highest BCUT2D eigenvalue weighted by atomic mass is 35.5. The van der Waals surface area contributed by atoms with Gasteiger partial charge < -0.3 is 9.88 Å². The molecule has 0 spiro atoms. The summed E-state index contributed by atoms with van der Waals surface area (Å²) in [5.41, 5.74) is 1.41. The van der Waals surface area contributed by atoms with E-state index in [-0.39, 0.29) is 28.8 Å². The minimum Gasteiger partial charge on any atom is -0.335 e. The van der Waals surface area contributed by atoms with Crippen LogP contribution in [0, 0.1) is 5.82 Å². The van der Waals surface area contributed by atoms with Gasteiger partial charge in [0.05, 0.1) is 11.2 Å². The number of rotatable bonds is 4. The number of hydrogen-bond acceptors (Lipinski definition) is 4. The minimum atomic E-state index is -0.553. The van der Waals surface area contributed by atoms with Crippen molar-refractivity contribution in [1.82, 2.24) is 9.55 Å². The van der Waals surface area contributed by atoms with Crippen molar-refractivity contribution in [2.24, 2.45) is 0 Å². The van der Waals surface area contributed by atoms with Crippen LogP contribution in [0.4, 0.5) is 9.52 Å². The molecule has 0 aliphatic carbocycles. The van der Waals surface area contributed by atoms with Crippen LogP contribution in [0.25, 0.3) is 22.2 Å². The number of pyridine rings is 1. The smallest absolute Gasteiger partial charge is 0.246 e. The van der Waals surface area contributed by atoms with Crippen LogP contribution in [0.1, 0.15) is 0 Å². The lowest BCUT2D eigenvalue weighted by molar-refractivity contribution is -0.116. The average molecular weight is 414 g/mol. The number of amides is 1. The van der Waals surface area contributed by atoms with E-state index in [0.29, 0.717) is 10.2 Å². The van der Waals surface area contributed by atoms with Crippen LogP contribution < -0.4 is 10.7 Å². The number of nitrogens with zero attached hydrogens (tertiary/aromatic N) is 2. The number of anilines is 1. The zero-order valence-electron chi connectivity index (χ0n) is 14.4. The molecule has 0 radical (unpaired) electrons. The first-order valence-electron chi connectivity index (χ1n) is 8.30. The van der Waals surface area contributed by atoms with Gasteiger partial charge in [-0.15, -0.1) is 11.3 Å². The number of hydrogen-bond donors (Lipinski definition) is 1. The Kier molecular flexibility index (Phi) is 4.93. The van der Waals surface area contributed by atoms with E-state index in [9.17, 15) is 14.0 Å². The Balaban J connectivity index is 1.54. The fourth-order valence-corrected chi connectivity index (χ4v) is 3.72. The van der Waals surface area contributed by atoms with Crippen LogP contribution >= 0.6 is 22.9 Å². The molecule has 4 aromatic rings. The lowest BCUT2D eigenvalue weighted by Crippen LogP contribution is -2.20. The van der Waals surface area contributed by atoms with Gasteiger partial charge in [0.25, 0.3) is 0 Å². The summed E-state index contributed by atoms with van der Waals surface area (Å²) in [5.74, 6) is -0.924. The fourth-order valence-electron chi connectivity index (χ4n) is 2.86. The Morgan fingerprint density at radius 3 is 2.75 bits per heavy atom. The number of thiazole rings is 1. The lowest BCUT2D eigenvalue weighted by Gasteiger charge is -2.10. The molecule has 140 valence electrons. The molecule has 2 aromatic heterocycles. The molecule has 1 amide bonds. The van der Waals surface area contributed by atoms with Crippen LogP contribution in [0.15, 0.2) is 64.9 Å². The second-order valence-corrected chi connectivity index (χ2v) is 7.33. The Bertz CT molecular complexity index is 1230. The normalized spacial score (nSPS) is 10.9. The predicted octanol–water partition coefficient (Wildman–Crippen LogP) is 4.56. The molecule has 0 bridgehead atoms. The van der Waals surface area contributed by atoms with Crippen molar-refractivity contribution < 1.29 is 9.18 Å². The molecule has 0 fully saturated rings. The summed E-state index contributed by atoms with van der Waals surface area (Å²) in [6, 6.07) is 12.8. The molecular formula is C20H13ClFN3O2S. The van der Waals surface area contributed by atoms with Crippen molar-refractivity contribution in [1.29, 1.82) is 0 Å². The highest BCUT2D eigenvalue weighted by Gasteiger charge is 2.12. The summed E-state index contributed by atoms with van der Waals surface area (Å²) in [5, 5.41) is 5.83. The summed E-state index contributed by atoms with van der Waals surface area (Å²) in [4.78, 5) is 28.7. The summed E-state index contributed by atoms with van der Waals surface area (Å²) in [7, 11) is 0. The Morgan fingerprint density at radius 2 is 1.96 bits per heavy atom. The largest absolute Gasteiger partial charge is 0.335 e. The van der Waals surface area contributed by atoms with Crippen LogP contribution in [-0.2, 0) is 11.3 Å². The molecule has 1 N–H and O–H groups in total. The van der Waals surface area contributed by atoms with Gasteiger partial charge in [-0.25, -0.2) is 9.37 Å². The molecule has 0 atom stereocenters. The maximum atomic E-state index is 14.2. The van der Waals surface area contributed by atoms with Crippen LogP contribution in [-0.4, -0.2) is 15.5 Å². The van der Waals surface area contributed by atoms with Crippen LogP contribution in [0.2, 0.25) is 5.02 Å². The zero-order valence-corrected chi connectivity index (χ0v) is 15.9. The summed E-state index contributed by atoms with van der Waals surface area (Å²) in [6.07, 6.45) is 1.41. The standard InChI is InChI=1S/C20H13ClFN3O2S/c21-13-6-4-12(5-7-13)16-11-28-20(23-16)24-18(27)10-25-9-8-17(26)14-2-1-3-15(22)19(14)25/h1-9,11H,10H2,(H,23,24,27).